The molecule has 3 nitrogen and oxygen atoms in total. The van der Waals surface area contributed by atoms with E-state index in [1.165, 1.54) is 95.5 Å². The zero-order chi connectivity index (χ0) is 22.9. The van der Waals surface area contributed by atoms with Crippen molar-refractivity contribution in [3.63, 3.8) is 0 Å². The van der Waals surface area contributed by atoms with Crippen LogP contribution in [-0.4, -0.2) is 4.89 Å². The van der Waals surface area contributed by atoms with Crippen LogP contribution in [0.2, 0.25) is 0 Å². The Balaban J connectivity index is 1.51. The molecular formula is C28H43O3P. The van der Waals surface area contributed by atoms with Gasteiger partial charge in [-0.3, -0.25) is 0 Å². The van der Waals surface area contributed by atoms with Crippen LogP contribution in [0.25, 0.3) is 0 Å². The van der Waals surface area contributed by atoms with Crippen LogP contribution in [0.15, 0.2) is 54.6 Å². The van der Waals surface area contributed by atoms with Crippen molar-refractivity contribution in [2.45, 2.75) is 103 Å². The van der Waals surface area contributed by atoms with Crippen molar-refractivity contribution < 1.29 is 14.0 Å². The summed E-state index contributed by atoms with van der Waals surface area (Å²) < 4.78 is 17.9. The molecule has 1 unspecified atom stereocenters. The Morgan fingerprint density at radius 2 is 1.12 bits per heavy atom. The highest BCUT2D eigenvalue weighted by Gasteiger charge is 2.24. The fourth-order valence-electron chi connectivity index (χ4n) is 4.05. The summed E-state index contributed by atoms with van der Waals surface area (Å²) in [5.41, 5.74) is 1.22. The molecule has 0 aliphatic rings. The lowest BCUT2D eigenvalue weighted by Gasteiger charge is -2.14. The van der Waals surface area contributed by atoms with Crippen LogP contribution in [0.3, 0.4) is 0 Å². The van der Waals surface area contributed by atoms with E-state index in [-0.39, 0.29) is 0 Å². The van der Waals surface area contributed by atoms with E-state index in [1.807, 2.05) is 18.2 Å². The van der Waals surface area contributed by atoms with Crippen LogP contribution < -0.4 is 9.83 Å². The molecule has 2 aromatic rings. The Morgan fingerprint density at radius 1 is 0.656 bits per heavy atom. The molecule has 2 aromatic carbocycles. The van der Waals surface area contributed by atoms with Crippen molar-refractivity contribution in [1.82, 2.24) is 0 Å². The van der Waals surface area contributed by atoms with E-state index in [4.69, 9.17) is 4.52 Å². The van der Waals surface area contributed by atoms with E-state index in [0.717, 1.165) is 6.42 Å². The molecule has 1 atom stereocenters. The second-order valence-corrected chi connectivity index (χ2v) is 10.7. The fourth-order valence-corrected chi connectivity index (χ4v) is 5.09. The summed E-state index contributed by atoms with van der Waals surface area (Å²) in [6.07, 6.45) is 20.1. The molecule has 0 aliphatic heterocycles. The third-order valence-corrected chi connectivity index (χ3v) is 7.46. The molecule has 32 heavy (non-hydrogen) atoms. The van der Waals surface area contributed by atoms with E-state index in [1.54, 1.807) is 36.4 Å². The third-order valence-electron chi connectivity index (χ3n) is 6.05. The quantitative estimate of drug-likeness (QED) is 0.180. The fraction of sp³-hybridized carbons (Fsp3) is 0.571. The Bertz CT molecular complexity index is 758. The van der Waals surface area contributed by atoms with Gasteiger partial charge in [-0.25, -0.2) is 4.57 Å². The summed E-state index contributed by atoms with van der Waals surface area (Å²) in [7, 11) is -3.85. The molecule has 0 amide bonds. The highest BCUT2D eigenvalue weighted by molar-refractivity contribution is 7.61. The molecule has 0 radical (unpaired) electrons. The van der Waals surface area contributed by atoms with E-state index >= 15 is 0 Å². The molecule has 4 heteroatoms. The van der Waals surface area contributed by atoms with Crippen molar-refractivity contribution in [1.29, 1.82) is 0 Å². The minimum absolute atomic E-state index is 0.339. The maximum absolute atomic E-state index is 12.5. The molecule has 0 heterocycles. The Kier molecular flexibility index (Phi) is 13.4. The Hall–Kier alpha value is -1.57. The number of unbranched alkanes of at least 4 members (excludes halogenated alkanes) is 13. The van der Waals surface area contributed by atoms with Gasteiger partial charge in [0.25, 0.3) is 0 Å². The average molecular weight is 459 g/mol. The van der Waals surface area contributed by atoms with Gasteiger partial charge >= 0.3 is 7.60 Å². The molecule has 0 spiro atoms. The molecule has 178 valence electrons. The molecule has 0 bridgehead atoms. The molecule has 0 aliphatic carbocycles. The maximum Gasteiger partial charge on any atom is 0.408 e. The van der Waals surface area contributed by atoms with Crippen molar-refractivity contribution in [3.8, 4) is 5.75 Å². The summed E-state index contributed by atoms with van der Waals surface area (Å²) in [5, 5.41) is 0.339. The molecular weight excluding hydrogens is 415 g/mol. The van der Waals surface area contributed by atoms with Gasteiger partial charge in [0.1, 0.15) is 5.75 Å². The van der Waals surface area contributed by atoms with Crippen LogP contribution in [0.4, 0.5) is 0 Å². The summed E-state index contributed by atoms with van der Waals surface area (Å²) >= 11 is 0. The van der Waals surface area contributed by atoms with Gasteiger partial charge in [0.05, 0.1) is 5.30 Å². The van der Waals surface area contributed by atoms with E-state index < -0.39 is 7.60 Å². The lowest BCUT2D eigenvalue weighted by Crippen LogP contribution is -2.09. The van der Waals surface area contributed by atoms with Gasteiger partial charge < -0.3 is 9.42 Å². The van der Waals surface area contributed by atoms with Gasteiger partial charge in [0, 0.05) is 0 Å². The summed E-state index contributed by atoms with van der Waals surface area (Å²) in [6.45, 7) is 2.28. The van der Waals surface area contributed by atoms with E-state index in [2.05, 4.69) is 6.92 Å². The number of hydrogen-bond donors (Lipinski definition) is 1. The highest BCUT2D eigenvalue weighted by atomic mass is 31.2. The minimum atomic E-state index is -3.85. The predicted octanol–water partition coefficient (Wildman–Crippen LogP) is 8.60. The van der Waals surface area contributed by atoms with Crippen LogP contribution in [0.1, 0.15) is 102 Å². The smallest absolute Gasteiger partial charge is 0.408 e. The van der Waals surface area contributed by atoms with Gasteiger partial charge in [-0.15, -0.1) is 0 Å². The summed E-state index contributed by atoms with van der Waals surface area (Å²) in [4.78, 5) is 10.3. The van der Waals surface area contributed by atoms with Gasteiger partial charge in [0.15, 0.2) is 0 Å². The van der Waals surface area contributed by atoms with E-state index in [9.17, 15) is 9.46 Å². The zero-order valence-corrected chi connectivity index (χ0v) is 20.9. The zero-order valence-electron chi connectivity index (χ0n) is 20.0. The lowest BCUT2D eigenvalue weighted by atomic mass is 10.0. The normalized spacial score (nSPS) is 13.1. The number of benzene rings is 2. The molecule has 0 saturated heterocycles. The van der Waals surface area contributed by atoms with Gasteiger partial charge in [-0.1, -0.05) is 121 Å². The first-order valence-electron chi connectivity index (χ1n) is 12.8. The molecule has 1 N–H and O–H groups in total. The second-order valence-electron chi connectivity index (χ2n) is 8.94. The SMILES string of the molecule is CCCCCCCCCCCCCCCCc1ccc(P(=O)(O)Oc2ccccc2)cc1. The topological polar surface area (TPSA) is 46.5 Å². The van der Waals surface area contributed by atoms with Crippen LogP contribution in [-0.2, 0) is 11.0 Å². The number of aryl methyl sites for hydroxylation is 1. The second kappa shape index (κ2) is 16.1. The van der Waals surface area contributed by atoms with Crippen molar-refractivity contribution in [3.05, 3.63) is 60.2 Å². The average Bonchev–Trinajstić information content (AvgIpc) is 2.80. The molecule has 2 rings (SSSR count). The number of rotatable bonds is 18. The Morgan fingerprint density at radius 3 is 1.62 bits per heavy atom. The molecule has 0 saturated carbocycles. The largest absolute Gasteiger partial charge is 0.421 e. The van der Waals surface area contributed by atoms with E-state index in [0.29, 0.717) is 11.1 Å². The first-order chi connectivity index (χ1) is 15.6. The van der Waals surface area contributed by atoms with Crippen molar-refractivity contribution in [2.75, 3.05) is 0 Å². The maximum atomic E-state index is 12.5. The summed E-state index contributed by atoms with van der Waals surface area (Å²) in [5.74, 6) is 0.407. The monoisotopic (exact) mass is 458 g/mol. The van der Waals surface area contributed by atoms with Gasteiger partial charge in [-0.05, 0) is 42.7 Å². The van der Waals surface area contributed by atoms with Crippen molar-refractivity contribution >= 4 is 12.9 Å². The summed E-state index contributed by atoms with van der Waals surface area (Å²) in [6, 6.07) is 16.2. The third kappa shape index (κ3) is 11.3. The van der Waals surface area contributed by atoms with Crippen LogP contribution in [0, 0.1) is 0 Å². The molecule has 0 fully saturated rings. The highest BCUT2D eigenvalue weighted by Crippen LogP contribution is 2.41. The van der Waals surface area contributed by atoms with Gasteiger partial charge in [-0.2, -0.15) is 0 Å². The lowest BCUT2D eigenvalue weighted by molar-refractivity contribution is 0.393. The predicted molar refractivity (Wildman–Crippen MR) is 137 cm³/mol. The van der Waals surface area contributed by atoms with Gasteiger partial charge in [0.2, 0.25) is 0 Å². The van der Waals surface area contributed by atoms with Crippen LogP contribution in [0.5, 0.6) is 5.75 Å². The minimum Gasteiger partial charge on any atom is -0.421 e. The molecule has 0 aromatic heterocycles. The van der Waals surface area contributed by atoms with Crippen LogP contribution >= 0.6 is 7.60 Å². The first-order valence-corrected chi connectivity index (χ1v) is 14.4. The standard InChI is InChI=1S/C28H43O3P/c1-2-3-4-5-6-7-8-9-10-11-12-13-14-16-19-26-22-24-28(25-23-26)32(29,30)31-27-20-17-15-18-21-27/h15,17-18,20-25H,2-14,16,19H2,1H3,(H,29,30). The Labute approximate surface area is 196 Å². The first kappa shape index (κ1) is 26.7. The number of para-hydroxylation sites is 1. The van der Waals surface area contributed by atoms with Crippen molar-refractivity contribution in [2.24, 2.45) is 0 Å². The number of hydrogen-bond acceptors (Lipinski definition) is 2.